The quantitative estimate of drug-likeness (QED) is 0.944. The third-order valence-corrected chi connectivity index (χ3v) is 5.05. The molecule has 2 aromatic rings. The summed E-state index contributed by atoms with van der Waals surface area (Å²) in [6, 6.07) is 8.83. The fraction of sp³-hybridized carbons (Fsp3) is 0.421. The molecule has 1 aromatic carbocycles. The first-order chi connectivity index (χ1) is 11.3. The number of fused-ring (bicyclic) bond motifs is 1. The molecule has 0 saturated carbocycles. The average Bonchev–Trinajstić information content (AvgIpc) is 3.06. The number of aryl methyl sites for hydroxylation is 1. The van der Waals surface area contributed by atoms with E-state index in [2.05, 4.69) is 51.3 Å². The summed E-state index contributed by atoms with van der Waals surface area (Å²) >= 11 is 0. The molecule has 1 saturated heterocycles. The number of pyridine rings is 1. The molecule has 0 spiro atoms. The van der Waals surface area contributed by atoms with Gasteiger partial charge in [-0.25, -0.2) is 0 Å². The van der Waals surface area contributed by atoms with Gasteiger partial charge in [-0.05, 0) is 36.1 Å². The van der Waals surface area contributed by atoms with Gasteiger partial charge in [-0.2, -0.15) is 0 Å². The molecule has 0 aliphatic carbocycles. The highest BCUT2D eigenvalue weighted by Crippen LogP contribution is 2.28. The third kappa shape index (κ3) is 2.91. The Hall–Kier alpha value is -2.07. The highest BCUT2D eigenvalue weighted by molar-refractivity contribution is 5.61. The van der Waals surface area contributed by atoms with Crippen molar-refractivity contribution in [1.29, 1.82) is 0 Å². The van der Waals surface area contributed by atoms with Gasteiger partial charge in [0.1, 0.15) is 0 Å². The summed E-state index contributed by atoms with van der Waals surface area (Å²) in [5.41, 5.74) is 6.92. The minimum absolute atomic E-state index is 1.05. The minimum Gasteiger partial charge on any atom is -0.384 e. The zero-order valence-corrected chi connectivity index (χ0v) is 13.8. The summed E-state index contributed by atoms with van der Waals surface area (Å²) in [5, 5.41) is 3.56. The van der Waals surface area contributed by atoms with E-state index < -0.39 is 0 Å². The van der Waals surface area contributed by atoms with E-state index in [1.165, 1.54) is 28.1 Å². The van der Waals surface area contributed by atoms with Crippen LogP contribution in [-0.2, 0) is 13.0 Å². The van der Waals surface area contributed by atoms with Crippen molar-refractivity contribution in [1.82, 2.24) is 9.88 Å². The zero-order chi connectivity index (χ0) is 15.6. The molecular weight excluding hydrogens is 284 g/mol. The lowest BCUT2D eigenvalue weighted by molar-refractivity contribution is 0.250. The molecule has 4 rings (SSSR count). The highest BCUT2D eigenvalue weighted by Gasteiger charge is 2.21. The SMILES string of the molecule is Cc1ccncc1N1CCN(Cc2cccc3c2NCC3)CC1. The summed E-state index contributed by atoms with van der Waals surface area (Å²) in [5.74, 6) is 0. The molecule has 2 aliphatic heterocycles. The van der Waals surface area contributed by atoms with Gasteiger partial charge in [0.25, 0.3) is 0 Å². The second kappa shape index (κ2) is 6.20. The molecule has 0 radical (unpaired) electrons. The monoisotopic (exact) mass is 308 g/mol. The van der Waals surface area contributed by atoms with Gasteiger partial charge in [-0.1, -0.05) is 18.2 Å². The molecular formula is C19H24N4. The number of piperazine rings is 1. The van der Waals surface area contributed by atoms with E-state index in [1.54, 1.807) is 0 Å². The number of nitrogens with zero attached hydrogens (tertiary/aromatic N) is 3. The van der Waals surface area contributed by atoms with E-state index in [0.717, 1.165) is 45.7 Å². The molecule has 4 heteroatoms. The van der Waals surface area contributed by atoms with Gasteiger partial charge < -0.3 is 10.2 Å². The van der Waals surface area contributed by atoms with Crippen LogP contribution in [-0.4, -0.2) is 42.6 Å². The lowest BCUT2D eigenvalue weighted by Crippen LogP contribution is -2.46. The maximum atomic E-state index is 4.28. The molecule has 0 amide bonds. The van der Waals surface area contributed by atoms with Crippen molar-refractivity contribution >= 4 is 11.4 Å². The Bertz CT molecular complexity index is 690. The number of para-hydroxylation sites is 1. The topological polar surface area (TPSA) is 31.4 Å². The summed E-state index contributed by atoms with van der Waals surface area (Å²) in [6.45, 7) is 8.68. The van der Waals surface area contributed by atoms with Gasteiger partial charge in [-0.15, -0.1) is 0 Å². The van der Waals surface area contributed by atoms with E-state index in [4.69, 9.17) is 0 Å². The molecule has 1 fully saturated rings. The van der Waals surface area contributed by atoms with Crippen LogP contribution in [0.15, 0.2) is 36.7 Å². The fourth-order valence-corrected chi connectivity index (χ4v) is 3.72. The summed E-state index contributed by atoms with van der Waals surface area (Å²) < 4.78 is 0. The fourth-order valence-electron chi connectivity index (χ4n) is 3.72. The average molecular weight is 308 g/mol. The van der Waals surface area contributed by atoms with Crippen LogP contribution in [0.3, 0.4) is 0 Å². The van der Waals surface area contributed by atoms with Crippen molar-refractivity contribution < 1.29 is 0 Å². The zero-order valence-electron chi connectivity index (χ0n) is 13.8. The minimum atomic E-state index is 1.05. The number of aromatic nitrogens is 1. The molecule has 0 bridgehead atoms. The number of hydrogen-bond acceptors (Lipinski definition) is 4. The summed E-state index contributed by atoms with van der Waals surface area (Å²) in [4.78, 5) is 9.32. The van der Waals surface area contributed by atoms with Crippen LogP contribution in [0, 0.1) is 6.92 Å². The maximum absolute atomic E-state index is 4.28. The number of benzene rings is 1. The molecule has 23 heavy (non-hydrogen) atoms. The molecule has 1 N–H and O–H groups in total. The van der Waals surface area contributed by atoms with Crippen LogP contribution in [0.5, 0.6) is 0 Å². The Balaban J connectivity index is 1.41. The molecule has 2 aliphatic rings. The number of nitrogens with one attached hydrogen (secondary N) is 1. The second-order valence-corrected chi connectivity index (χ2v) is 6.55. The first-order valence-electron chi connectivity index (χ1n) is 8.54. The second-order valence-electron chi connectivity index (χ2n) is 6.55. The summed E-state index contributed by atoms with van der Waals surface area (Å²) in [6.07, 6.45) is 5.04. The molecule has 1 aromatic heterocycles. The molecule has 0 unspecified atom stereocenters. The molecule has 3 heterocycles. The van der Waals surface area contributed by atoms with Gasteiger partial charge in [0.15, 0.2) is 0 Å². The van der Waals surface area contributed by atoms with E-state index in [9.17, 15) is 0 Å². The summed E-state index contributed by atoms with van der Waals surface area (Å²) in [7, 11) is 0. The van der Waals surface area contributed by atoms with Gasteiger partial charge >= 0.3 is 0 Å². The number of hydrogen-bond donors (Lipinski definition) is 1. The van der Waals surface area contributed by atoms with Crippen LogP contribution < -0.4 is 10.2 Å². The van der Waals surface area contributed by atoms with Crippen molar-refractivity contribution in [3.05, 3.63) is 53.3 Å². The standard InChI is InChI=1S/C19H24N4/c1-15-5-7-20-13-18(15)23-11-9-22(10-12-23)14-17-4-2-3-16-6-8-21-19(16)17/h2-5,7,13,21H,6,8-12,14H2,1H3. The first kappa shape index (κ1) is 14.5. The largest absolute Gasteiger partial charge is 0.384 e. The van der Waals surface area contributed by atoms with Crippen molar-refractivity contribution in [3.8, 4) is 0 Å². The van der Waals surface area contributed by atoms with Crippen molar-refractivity contribution in [2.45, 2.75) is 19.9 Å². The predicted octanol–water partition coefficient (Wildman–Crippen LogP) is 2.68. The van der Waals surface area contributed by atoms with E-state index in [0.29, 0.717) is 0 Å². The first-order valence-corrected chi connectivity index (χ1v) is 8.54. The number of rotatable bonds is 3. The van der Waals surface area contributed by atoms with E-state index in [1.807, 2.05) is 12.4 Å². The maximum Gasteiger partial charge on any atom is 0.0583 e. The van der Waals surface area contributed by atoms with Gasteiger partial charge in [-0.3, -0.25) is 9.88 Å². The Labute approximate surface area is 138 Å². The van der Waals surface area contributed by atoms with Crippen molar-refractivity contribution in [3.63, 3.8) is 0 Å². The number of anilines is 2. The van der Waals surface area contributed by atoms with Crippen LogP contribution in [0.1, 0.15) is 16.7 Å². The van der Waals surface area contributed by atoms with Gasteiger partial charge in [0, 0.05) is 51.2 Å². The molecule has 4 nitrogen and oxygen atoms in total. The predicted molar refractivity (Wildman–Crippen MR) is 95.1 cm³/mol. The lowest BCUT2D eigenvalue weighted by atomic mass is 10.1. The van der Waals surface area contributed by atoms with Gasteiger partial charge in [0.05, 0.1) is 11.9 Å². The molecule has 120 valence electrons. The van der Waals surface area contributed by atoms with Gasteiger partial charge in [0.2, 0.25) is 0 Å². The Morgan fingerprint density at radius 3 is 2.83 bits per heavy atom. The Kier molecular flexibility index (Phi) is 3.92. The third-order valence-electron chi connectivity index (χ3n) is 5.05. The smallest absolute Gasteiger partial charge is 0.0583 e. The van der Waals surface area contributed by atoms with Crippen LogP contribution in [0.2, 0.25) is 0 Å². The van der Waals surface area contributed by atoms with Crippen LogP contribution in [0.25, 0.3) is 0 Å². The lowest BCUT2D eigenvalue weighted by Gasteiger charge is -2.36. The highest BCUT2D eigenvalue weighted by atomic mass is 15.3. The van der Waals surface area contributed by atoms with Crippen LogP contribution in [0.4, 0.5) is 11.4 Å². The van der Waals surface area contributed by atoms with Crippen molar-refractivity contribution in [2.24, 2.45) is 0 Å². The van der Waals surface area contributed by atoms with Crippen molar-refractivity contribution in [2.75, 3.05) is 42.9 Å². The normalized spacial score (nSPS) is 17.9. The Morgan fingerprint density at radius 1 is 1.13 bits per heavy atom. The molecule has 0 atom stereocenters. The Morgan fingerprint density at radius 2 is 2.00 bits per heavy atom. The van der Waals surface area contributed by atoms with E-state index in [-0.39, 0.29) is 0 Å². The van der Waals surface area contributed by atoms with E-state index >= 15 is 0 Å². The van der Waals surface area contributed by atoms with Crippen LogP contribution >= 0.6 is 0 Å².